The zero-order valence-corrected chi connectivity index (χ0v) is 20.0. The van der Waals surface area contributed by atoms with E-state index in [0.717, 1.165) is 35.4 Å². The minimum atomic E-state index is -0.196. The first-order valence-electron chi connectivity index (χ1n) is 11.6. The van der Waals surface area contributed by atoms with Crippen LogP contribution in [0.1, 0.15) is 58.4 Å². The minimum absolute atomic E-state index is 0.0138. The van der Waals surface area contributed by atoms with Gasteiger partial charge in [-0.05, 0) is 85.1 Å². The van der Waals surface area contributed by atoms with Crippen molar-refractivity contribution in [3.8, 4) is 0 Å². The number of esters is 1. The Kier molecular flexibility index (Phi) is 6.65. The largest absolute Gasteiger partial charge is 0.458 e. The maximum atomic E-state index is 12.6. The number of carbonyl (C=O) groups is 2. The van der Waals surface area contributed by atoms with Crippen LogP contribution < -0.4 is 0 Å². The Morgan fingerprint density at radius 2 is 1.94 bits per heavy atom. The normalized spacial score (nSPS) is 32.2. The van der Waals surface area contributed by atoms with Crippen LogP contribution in [0.25, 0.3) is 0 Å². The summed E-state index contributed by atoms with van der Waals surface area (Å²) in [6.45, 7) is 8.31. The van der Waals surface area contributed by atoms with Gasteiger partial charge in [0.15, 0.2) is 5.78 Å². The average molecular weight is 457 g/mol. The summed E-state index contributed by atoms with van der Waals surface area (Å²) in [7, 11) is 0. The number of hydrogen-bond donors (Lipinski definition) is 0. The summed E-state index contributed by atoms with van der Waals surface area (Å²) in [5.41, 5.74) is 2.97. The molecular weight excluding hydrogens is 424 g/mol. The Morgan fingerprint density at radius 1 is 1.19 bits per heavy atom. The van der Waals surface area contributed by atoms with Crippen molar-refractivity contribution in [2.75, 3.05) is 13.2 Å². The number of carbonyl (C=O) groups excluding carboxylic acids is 2. The number of ether oxygens (including phenoxy) is 2. The molecule has 0 unspecified atom stereocenters. The lowest BCUT2D eigenvalue weighted by Crippen LogP contribution is -2.52. The van der Waals surface area contributed by atoms with Gasteiger partial charge >= 0.3 is 5.97 Å². The van der Waals surface area contributed by atoms with Gasteiger partial charge in [0.2, 0.25) is 0 Å². The molecule has 0 N–H and O–H groups in total. The van der Waals surface area contributed by atoms with Gasteiger partial charge in [0.1, 0.15) is 6.61 Å². The molecular formula is C27H33ClO4. The van der Waals surface area contributed by atoms with E-state index in [0.29, 0.717) is 38.6 Å². The lowest BCUT2D eigenvalue weighted by Gasteiger charge is -2.58. The summed E-state index contributed by atoms with van der Waals surface area (Å²) in [5, 5.41) is 0.720. The van der Waals surface area contributed by atoms with E-state index in [2.05, 4.69) is 20.8 Å². The second kappa shape index (κ2) is 9.15. The molecule has 0 saturated heterocycles. The third kappa shape index (κ3) is 4.45. The highest BCUT2D eigenvalue weighted by Crippen LogP contribution is 2.61. The maximum absolute atomic E-state index is 12.6. The topological polar surface area (TPSA) is 52.6 Å². The van der Waals surface area contributed by atoms with Crippen LogP contribution in [-0.2, 0) is 25.7 Å². The quantitative estimate of drug-likeness (QED) is 0.466. The van der Waals surface area contributed by atoms with Crippen LogP contribution in [0.15, 0.2) is 47.6 Å². The number of allylic oxidation sites excluding steroid dienone is 2. The van der Waals surface area contributed by atoms with Gasteiger partial charge < -0.3 is 9.47 Å². The molecule has 5 heteroatoms. The zero-order chi connectivity index (χ0) is 22.9. The number of halogens is 1. The van der Waals surface area contributed by atoms with E-state index in [1.807, 2.05) is 36.4 Å². The van der Waals surface area contributed by atoms with Crippen LogP contribution in [0.3, 0.4) is 0 Å². The SMILES string of the molecule is CC1=CC(=O)C[C@H]2[C@](C)(CCC3=CCOC3=O)[C@H](COCc3ccc(Cl)cc3)CC[C@]12C. The standard InChI is InChI=1S/C27H33ClO4/c1-18-14-23(29)15-24-26(18,2)12-9-21(17-31-16-19-4-6-22(28)7-5-19)27(24,3)11-8-20-10-13-32-25(20)30/h4-7,10,14,21,24H,8-9,11-13,15-17H2,1-3H3/t21-,24+,26+,27+/m0/s1. The van der Waals surface area contributed by atoms with Gasteiger partial charge in [-0.1, -0.05) is 43.2 Å². The van der Waals surface area contributed by atoms with Crippen LogP contribution in [0.5, 0.6) is 0 Å². The molecule has 1 fully saturated rings. The van der Waals surface area contributed by atoms with Crippen molar-refractivity contribution in [1.29, 1.82) is 0 Å². The third-order valence-corrected chi connectivity index (χ3v) is 8.69. The number of cyclic esters (lactones) is 1. The van der Waals surface area contributed by atoms with Crippen LogP contribution in [0.2, 0.25) is 5.02 Å². The molecule has 0 spiro atoms. The van der Waals surface area contributed by atoms with E-state index in [1.165, 1.54) is 5.57 Å². The van der Waals surface area contributed by atoms with E-state index in [4.69, 9.17) is 21.1 Å². The lowest BCUT2D eigenvalue weighted by molar-refractivity contribution is -0.136. The highest BCUT2D eigenvalue weighted by atomic mass is 35.5. The summed E-state index contributed by atoms with van der Waals surface area (Å²) < 4.78 is 11.3. The summed E-state index contributed by atoms with van der Waals surface area (Å²) in [6.07, 6.45) is 7.97. The molecule has 0 bridgehead atoms. The van der Waals surface area contributed by atoms with Crippen molar-refractivity contribution in [2.24, 2.45) is 22.7 Å². The van der Waals surface area contributed by atoms with Crippen molar-refractivity contribution >= 4 is 23.4 Å². The molecule has 0 amide bonds. The van der Waals surface area contributed by atoms with Gasteiger partial charge in [-0.15, -0.1) is 0 Å². The summed E-state index contributed by atoms with van der Waals surface area (Å²) >= 11 is 5.99. The highest BCUT2D eigenvalue weighted by Gasteiger charge is 2.55. The van der Waals surface area contributed by atoms with Crippen molar-refractivity contribution < 1.29 is 19.1 Å². The van der Waals surface area contributed by atoms with E-state index >= 15 is 0 Å². The first kappa shape index (κ1) is 23.3. The number of hydrogen-bond acceptors (Lipinski definition) is 4. The van der Waals surface area contributed by atoms with Crippen LogP contribution in [0.4, 0.5) is 0 Å². The smallest absolute Gasteiger partial charge is 0.334 e. The second-order valence-corrected chi connectivity index (χ2v) is 10.6. The van der Waals surface area contributed by atoms with E-state index in [-0.39, 0.29) is 28.5 Å². The molecule has 2 aliphatic carbocycles. The Morgan fingerprint density at radius 3 is 2.62 bits per heavy atom. The molecule has 172 valence electrons. The molecule has 0 radical (unpaired) electrons. The van der Waals surface area contributed by atoms with Gasteiger partial charge in [-0.3, -0.25) is 4.79 Å². The fourth-order valence-electron chi connectivity index (χ4n) is 6.14. The minimum Gasteiger partial charge on any atom is -0.458 e. The molecule has 0 aromatic heterocycles. The summed E-state index contributed by atoms with van der Waals surface area (Å²) in [5.74, 6) is 0.588. The van der Waals surface area contributed by atoms with Gasteiger partial charge in [0.25, 0.3) is 0 Å². The molecule has 1 aliphatic heterocycles. The number of benzene rings is 1. The van der Waals surface area contributed by atoms with Crippen molar-refractivity contribution in [1.82, 2.24) is 0 Å². The van der Waals surface area contributed by atoms with Crippen LogP contribution in [-0.4, -0.2) is 25.0 Å². The Bertz CT molecular complexity index is 947. The molecule has 1 saturated carbocycles. The average Bonchev–Trinajstić information content (AvgIpc) is 3.17. The maximum Gasteiger partial charge on any atom is 0.334 e. The predicted molar refractivity (Wildman–Crippen MR) is 125 cm³/mol. The van der Waals surface area contributed by atoms with E-state index in [9.17, 15) is 9.59 Å². The molecule has 1 aromatic carbocycles. The first-order chi connectivity index (χ1) is 15.2. The molecule has 32 heavy (non-hydrogen) atoms. The Balaban J connectivity index is 1.53. The van der Waals surface area contributed by atoms with Crippen molar-refractivity contribution in [3.63, 3.8) is 0 Å². The Hall–Kier alpha value is -1.91. The molecule has 4 atom stereocenters. The van der Waals surface area contributed by atoms with E-state index in [1.54, 1.807) is 0 Å². The van der Waals surface area contributed by atoms with Crippen molar-refractivity contribution in [2.45, 2.75) is 59.5 Å². The summed E-state index contributed by atoms with van der Waals surface area (Å²) in [4.78, 5) is 24.6. The second-order valence-electron chi connectivity index (χ2n) is 10.2. The Labute approximate surface area is 196 Å². The number of rotatable bonds is 7. The number of fused-ring (bicyclic) bond motifs is 1. The van der Waals surface area contributed by atoms with Gasteiger partial charge in [-0.2, -0.15) is 0 Å². The molecule has 4 rings (SSSR count). The van der Waals surface area contributed by atoms with Crippen molar-refractivity contribution in [3.05, 3.63) is 58.1 Å². The third-order valence-electron chi connectivity index (χ3n) is 8.43. The van der Waals surface area contributed by atoms with E-state index < -0.39 is 0 Å². The predicted octanol–water partition coefficient (Wildman–Crippen LogP) is 6.08. The monoisotopic (exact) mass is 456 g/mol. The fraction of sp³-hybridized carbons (Fsp3) is 0.556. The highest BCUT2D eigenvalue weighted by molar-refractivity contribution is 6.30. The first-order valence-corrected chi connectivity index (χ1v) is 12.0. The van der Waals surface area contributed by atoms with Gasteiger partial charge in [-0.25, -0.2) is 4.79 Å². The molecule has 1 heterocycles. The van der Waals surface area contributed by atoms with Gasteiger partial charge in [0.05, 0.1) is 13.2 Å². The van der Waals surface area contributed by atoms with Crippen LogP contribution in [0, 0.1) is 22.7 Å². The number of ketones is 1. The lowest BCUT2D eigenvalue weighted by atomic mass is 9.46. The van der Waals surface area contributed by atoms with Crippen LogP contribution >= 0.6 is 11.6 Å². The molecule has 3 aliphatic rings. The molecule has 1 aromatic rings. The van der Waals surface area contributed by atoms with Gasteiger partial charge in [0, 0.05) is 17.0 Å². The molecule has 4 nitrogen and oxygen atoms in total. The fourth-order valence-corrected chi connectivity index (χ4v) is 6.27. The summed E-state index contributed by atoms with van der Waals surface area (Å²) in [6, 6.07) is 7.75. The zero-order valence-electron chi connectivity index (χ0n) is 19.3.